The molecule has 1 aromatic rings. The second-order valence-electron chi connectivity index (χ2n) is 6.97. The summed E-state index contributed by atoms with van der Waals surface area (Å²) in [7, 11) is 5.96. The van der Waals surface area contributed by atoms with Crippen molar-refractivity contribution in [1.29, 1.82) is 0 Å². The van der Waals surface area contributed by atoms with Crippen LogP contribution < -0.4 is 10.6 Å². The van der Waals surface area contributed by atoms with Gasteiger partial charge in [0, 0.05) is 39.9 Å². The van der Waals surface area contributed by atoms with E-state index in [0.717, 1.165) is 64.7 Å². The van der Waals surface area contributed by atoms with Gasteiger partial charge >= 0.3 is 0 Å². The number of benzene rings is 1. The highest BCUT2D eigenvalue weighted by Crippen LogP contribution is 2.11. The van der Waals surface area contributed by atoms with Gasteiger partial charge in [0.15, 0.2) is 5.96 Å². The molecule has 1 atom stereocenters. The Morgan fingerprint density at radius 3 is 2.59 bits per heavy atom. The number of nitrogens with zero attached hydrogens (tertiary/aromatic N) is 2. The Morgan fingerprint density at radius 1 is 1.22 bits per heavy atom. The first-order valence-corrected chi connectivity index (χ1v) is 9.54. The van der Waals surface area contributed by atoms with Crippen molar-refractivity contribution in [2.24, 2.45) is 4.99 Å². The Morgan fingerprint density at radius 2 is 1.96 bits per heavy atom. The zero-order chi connectivity index (χ0) is 18.6. The number of rotatable bonds is 10. The van der Waals surface area contributed by atoms with Crippen LogP contribution in [0.25, 0.3) is 0 Å². The van der Waals surface area contributed by atoms with Gasteiger partial charge in [-0.05, 0) is 44.5 Å². The van der Waals surface area contributed by atoms with Gasteiger partial charge in [-0.15, -0.1) is 24.0 Å². The number of ether oxygens (including phenoxy) is 2. The molecule has 154 valence electrons. The molecule has 1 aromatic carbocycles. The highest BCUT2D eigenvalue weighted by Gasteiger charge is 2.14. The predicted octanol–water partition coefficient (Wildman–Crippen LogP) is 2.62. The topological polar surface area (TPSA) is 58.1 Å². The number of hydrogen-bond acceptors (Lipinski definition) is 4. The van der Waals surface area contributed by atoms with Crippen LogP contribution in [0, 0.1) is 0 Å². The van der Waals surface area contributed by atoms with Gasteiger partial charge < -0.3 is 25.0 Å². The summed E-state index contributed by atoms with van der Waals surface area (Å²) in [5.74, 6) is 0.821. The molecule has 0 bridgehead atoms. The van der Waals surface area contributed by atoms with Crippen molar-refractivity contribution in [2.45, 2.75) is 38.5 Å². The van der Waals surface area contributed by atoms with E-state index in [1.807, 2.05) is 0 Å². The lowest BCUT2D eigenvalue weighted by molar-refractivity contribution is 0.0168. The summed E-state index contributed by atoms with van der Waals surface area (Å²) in [5.41, 5.74) is 2.57. The first kappa shape index (κ1) is 24.1. The molecule has 0 saturated carbocycles. The van der Waals surface area contributed by atoms with Gasteiger partial charge in [-0.25, -0.2) is 0 Å². The third-order valence-electron chi connectivity index (χ3n) is 4.29. The molecule has 0 amide bonds. The highest BCUT2D eigenvalue weighted by atomic mass is 127. The van der Waals surface area contributed by atoms with Gasteiger partial charge in [0.2, 0.25) is 0 Å². The van der Waals surface area contributed by atoms with Gasteiger partial charge in [0.25, 0.3) is 0 Å². The maximum Gasteiger partial charge on any atom is 0.191 e. The third-order valence-corrected chi connectivity index (χ3v) is 4.29. The van der Waals surface area contributed by atoms with E-state index in [1.165, 1.54) is 11.1 Å². The van der Waals surface area contributed by atoms with E-state index >= 15 is 0 Å². The largest absolute Gasteiger partial charge is 0.379 e. The molecule has 2 rings (SSSR count). The fourth-order valence-corrected chi connectivity index (χ4v) is 2.91. The van der Waals surface area contributed by atoms with Crippen LogP contribution >= 0.6 is 24.0 Å². The standard InChI is InChI=1S/C20H34N4O2.HI/c1-21-20(22-11-5-12-25-16-19-6-4-13-26-19)23-14-17-7-9-18(10-8-17)15-24(2)3;/h7-10,19H,4-6,11-16H2,1-3H3,(H2,21,22,23);1H. The summed E-state index contributed by atoms with van der Waals surface area (Å²) in [4.78, 5) is 6.44. The molecule has 7 heteroatoms. The minimum atomic E-state index is 0. The highest BCUT2D eigenvalue weighted by molar-refractivity contribution is 14.0. The Labute approximate surface area is 181 Å². The van der Waals surface area contributed by atoms with Crippen LogP contribution in [0.1, 0.15) is 30.4 Å². The monoisotopic (exact) mass is 490 g/mol. The van der Waals surface area contributed by atoms with Crippen molar-refractivity contribution in [2.75, 3.05) is 47.5 Å². The number of hydrogen-bond donors (Lipinski definition) is 2. The number of nitrogens with one attached hydrogen (secondary N) is 2. The number of aliphatic imine (C=N–C) groups is 1. The third kappa shape index (κ3) is 10.3. The molecule has 27 heavy (non-hydrogen) atoms. The lowest BCUT2D eigenvalue weighted by Gasteiger charge is -2.14. The molecule has 1 heterocycles. The molecule has 1 aliphatic heterocycles. The minimum Gasteiger partial charge on any atom is -0.379 e. The van der Waals surface area contributed by atoms with E-state index in [9.17, 15) is 0 Å². The molecular formula is C20H35IN4O2. The van der Waals surface area contributed by atoms with Crippen molar-refractivity contribution in [3.05, 3.63) is 35.4 Å². The average molecular weight is 490 g/mol. The fourth-order valence-electron chi connectivity index (χ4n) is 2.91. The van der Waals surface area contributed by atoms with Crippen LogP contribution in [0.15, 0.2) is 29.3 Å². The van der Waals surface area contributed by atoms with Crippen LogP contribution in [-0.4, -0.2) is 64.5 Å². The quantitative estimate of drug-likeness (QED) is 0.229. The molecule has 1 unspecified atom stereocenters. The molecular weight excluding hydrogens is 455 g/mol. The van der Waals surface area contributed by atoms with Crippen LogP contribution in [0.3, 0.4) is 0 Å². The second kappa shape index (κ2) is 14.1. The smallest absolute Gasteiger partial charge is 0.191 e. The minimum absolute atomic E-state index is 0. The molecule has 1 aliphatic rings. The fraction of sp³-hybridized carbons (Fsp3) is 0.650. The van der Waals surface area contributed by atoms with Crippen LogP contribution in [0.5, 0.6) is 0 Å². The lowest BCUT2D eigenvalue weighted by Crippen LogP contribution is -2.37. The van der Waals surface area contributed by atoms with Gasteiger partial charge in [-0.2, -0.15) is 0 Å². The molecule has 0 radical (unpaired) electrons. The summed E-state index contributed by atoms with van der Waals surface area (Å²) in [6.45, 7) is 4.92. The summed E-state index contributed by atoms with van der Waals surface area (Å²) >= 11 is 0. The van der Waals surface area contributed by atoms with E-state index in [1.54, 1.807) is 7.05 Å². The first-order chi connectivity index (χ1) is 12.7. The second-order valence-corrected chi connectivity index (χ2v) is 6.97. The van der Waals surface area contributed by atoms with Gasteiger partial charge in [-0.1, -0.05) is 24.3 Å². The zero-order valence-corrected chi connectivity index (χ0v) is 19.2. The van der Waals surface area contributed by atoms with Crippen LogP contribution in [0.4, 0.5) is 0 Å². The summed E-state index contributed by atoms with van der Waals surface area (Å²) in [5, 5.41) is 6.68. The number of halogens is 1. The SMILES string of the molecule is CN=C(NCCCOCC1CCCO1)NCc1ccc(CN(C)C)cc1.I. The average Bonchev–Trinajstić information content (AvgIpc) is 3.14. The normalized spacial score (nSPS) is 17.0. The Hall–Kier alpha value is -0.900. The van der Waals surface area contributed by atoms with Crippen molar-refractivity contribution < 1.29 is 9.47 Å². The van der Waals surface area contributed by atoms with Crippen molar-refractivity contribution in [3.63, 3.8) is 0 Å². The molecule has 0 spiro atoms. The maximum atomic E-state index is 5.67. The Balaban J connectivity index is 0.00000364. The van der Waals surface area contributed by atoms with Gasteiger partial charge in [0.1, 0.15) is 0 Å². The van der Waals surface area contributed by atoms with Crippen molar-refractivity contribution in [1.82, 2.24) is 15.5 Å². The molecule has 0 aromatic heterocycles. The van der Waals surface area contributed by atoms with E-state index < -0.39 is 0 Å². The molecule has 0 aliphatic carbocycles. The summed E-state index contributed by atoms with van der Waals surface area (Å²) in [6.07, 6.45) is 3.55. The van der Waals surface area contributed by atoms with Crippen LogP contribution in [0.2, 0.25) is 0 Å². The first-order valence-electron chi connectivity index (χ1n) is 9.54. The van der Waals surface area contributed by atoms with Crippen molar-refractivity contribution in [3.8, 4) is 0 Å². The van der Waals surface area contributed by atoms with Gasteiger partial charge in [0.05, 0.1) is 12.7 Å². The molecule has 1 saturated heterocycles. The zero-order valence-electron chi connectivity index (χ0n) is 16.9. The molecule has 2 N–H and O–H groups in total. The Bertz CT molecular complexity index is 531. The van der Waals surface area contributed by atoms with Crippen LogP contribution in [-0.2, 0) is 22.6 Å². The predicted molar refractivity (Wildman–Crippen MR) is 122 cm³/mol. The van der Waals surface area contributed by atoms with E-state index in [2.05, 4.69) is 58.9 Å². The van der Waals surface area contributed by atoms with Gasteiger partial charge in [-0.3, -0.25) is 4.99 Å². The number of guanidine groups is 1. The lowest BCUT2D eigenvalue weighted by atomic mass is 10.1. The van der Waals surface area contributed by atoms with E-state index in [0.29, 0.717) is 6.10 Å². The summed E-state index contributed by atoms with van der Waals surface area (Å²) < 4.78 is 11.2. The molecule has 1 fully saturated rings. The Kier molecular flexibility index (Phi) is 12.6. The van der Waals surface area contributed by atoms with E-state index in [4.69, 9.17) is 9.47 Å². The van der Waals surface area contributed by atoms with Crippen molar-refractivity contribution >= 4 is 29.9 Å². The maximum absolute atomic E-state index is 5.67. The van der Waals surface area contributed by atoms with E-state index in [-0.39, 0.29) is 24.0 Å². The molecule has 6 nitrogen and oxygen atoms in total. The summed E-state index contributed by atoms with van der Waals surface area (Å²) in [6, 6.07) is 8.69.